The molecule has 128 valence electrons. The zero-order valence-corrected chi connectivity index (χ0v) is 14.2. The molecular weight excluding hydrogens is 303 g/mol. The molecule has 1 saturated heterocycles. The molecule has 0 radical (unpaired) electrons. The summed E-state index contributed by atoms with van der Waals surface area (Å²) in [5.41, 5.74) is 1.30. The van der Waals surface area contributed by atoms with E-state index < -0.39 is 0 Å². The van der Waals surface area contributed by atoms with Crippen molar-refractivity contribution in [2.75, 3.05) is 32.7 Å². The Kier molecular flexibility index (Phi) is 5.83. The quantitative estimate of drug-likeness (QED) is 0.867. The van der Waals surface area contributed by atoms with Crippen LogP contribution in [0, 0.1) is 5.82 Å². The highest BCUT2D eigenvalue weighted by molar-refractivity contribution is 5.34. The monoisotopic (exact) mass is 328 g/mol. The van der Waals surface area contributed by atoms with Crippen molar-refractivity contribution in [2.45, 2.75) is 19.3 Å². The van der Waals surface area contributed by atoms with E-state index in [0.29, 0.717) is 11.7 Å². The smallest absolute Gasteiger partial charge is 0.165 e. The molecule has 1 N–H and O–H groups in total. The van der Waals surface area contributed by atoms with E-state index in [1.807, 2.05) is 12.1 Å². The predicted octanol–water partition coefficient (Wildman–Crippen LogP) is 4.02. The van der Waals surface area contributed by atoms with Crippen molar-refractivity contribution in [1.29, 1.82) is 0 Å². The highest BCUT2D eigenvalue weighted by atomic mass is 19.1. The van der Waals surface area contributed by atoms with Crippen LogP contribution in [-0.2, 0) is 0 Å². The molecule has 0 amide bonds. The number of hydrogen-bond acceptors (Lipinski definition) is 3. The van der Waals surface area contributed by atoms with Crippen LogP contribution in [0.25, 0.3) is 0 Å². The third-order valence-corrected chi connectivity index (χ3v) is 4.60. The van der Waals surface area contributed by atoms with Gasteiger partial charge in [0.05, 0.1) is 0 Å². The maximum atomic E-state index is 13.6. The highest BCUT2D eigenvalue weighted by Crippen LogP contribution is 2.27. The molecule has 1 atom stereocenters. The first-order valence-corrected chi connectivity index (χ1v) is 8.68. The van der Waals surface area contributed by atoms with Crippen LogP contribution in [0.3, 0.4) is 0 Å². The highest BCUT2D eigenvalue weighted by Gasteiger charge is 2.12. The van der Waals surface area contributed by atoms with Crippen LogP contribution in [0.15, 0.2) is 48.5 Å². The Morgan fingerprint density at radius 2 is 1.79 bits per heavy atom. The van der Waals surface area contributed by atoms with Crippen molar-refractivity contribution in [1.82, 2.24) is 10.2 Å². The Labute approximate surface area is 143 Å². The van der Waals surface area contributed by atoms with Gasteiger partial charge in [-0.2, -0.15) is 0 Å². The van der Waals surface area contributed by atoms with Crippen LogP contribution in [0.5, 0.6) is 11.5 Å². The first kappa shape index (κ1) is 16.9. The number of nitrogens with one attached hydrogen (secondary N) is 1. The predicted molar refractivity (Wildman–Crippen MR) is 95.3 cm³/mol. The zero-order chi connectivity index (χ0) is 16.8. The van der Waals surface area contributed by atoms with E-state index in [2.05, 4.69) is 29.3 Å². The Hall–Kier alpha value is -1.91. The fourth-order valence-corrected chi connectivity index (χ4v) is 3.00. The third kappa shape index (κ3) is 4.56. The van der Waals surface area contributed by atoms with Gasteiger partial charge in [-0.3, -0.25) is 0 Å². The molecular formula is C20H25FN2O. The Morgan fingerprint density at radius 3 is 2.50 bits per heavy atom. The van der Waals surface area contributed by atoms with E-state index in [-0.39, 0.29) is 11.6 Å². The second kappa shape index (κ2) is 8.27. The first-order valence-electron chi connectivity index (χ1n) is 8.68. The van der Waals surface area contributed by atoms with E-state index in [1.165, 1.54) is 11.6 Å². The summed E-state index contributed by atoms with van der Waals surface area (Å²) >= 11 is 0. The number of ether oxygens (including phenoxy) is 1. The van der Waals surface area contributed by atoms with Crippen LogP contribution in [0.4, 0.5) is 4.39 Å². The second-order valence-electron chi connectivity index (χ2n) is 6.38. The zero-order valence-electron chi connectivity index (χ0n) is 14.2. The lowest BCUT2D eigenvalue weighted by Gasteiger charge is -2.28. The molecule has 1 aliphatic rings. The average Bonchev–Trinajstić information content (AvgIpc) is 2.63. The minimum absolute atomic E-state index is 0.261. The molecule has 24 heavy (non-hydrogen) atoms. The minimum Gasteiger partial charge on any atom is -0.454 e. The standard InChI is InChI=1S/C20H25FN2O/c1-16(10-13-23-14-11-22-12-15-23)17-6-8-18(9-7-17)24-20-5-3-2-4-19(20)21/h2-9,16,22H,10-15H2,1H3. The average molecular weight is 328 g/mol. The molecule has 4 heteroatoms. The Bertz CT molecular complexity index is 638. The summed E-state index contributed by atoms with van der Waals surface area (Å²) < 4.78 is 19.2. The summed E-state index contributed by atoms with van der Waals surface area (Å²) in [4.78, 5) is 2.52. The van der Waals surface area contributed by atoms with E-state index in [4.69, 9.17) is 4.74 Å². The van der Waals surface area contributed by atoms with Gasteiger partial charge in [0.25, 0.3) is 0 Å². The van der Waals surface area contributed by atoms with Crippen LogP contribution in [0.1, 0.15) is 24.8 Å². The van der Waals surface area contributed by atoms with E-state index in [0.717, 1.165) is 39.1 Å². The fourth-order valence-electron chi connectivity index (χ4n) is 3.00. The molecule has 2 aromatic carbocycles. The summed E-state index contributed by atoms with van der Waals surface area (Å²) in [7, 11) is 0. The van der Waals surface area contributed by atoms with Gasteiger partial charge in [0.15, 0.2) is 11.6 Å². The normalized spacial score (nSPS) is 16.8. The van der Waals surface area contributed by atoms with Crippen LogP contribution >= 0.6 is 0 Å². The van der Waals surface area contributed by atoms with Gasteiger partial charge in [0, 0.05) is 26.2 Å². The van der Waals surface area contributed by atoms with Gasteiger partial charge in [0.1, 0.15) is 5.75 Å². The van der Waals surface area contributed by atoms with E-state index in [1.54, 1.807) is 18.2 Å². The number of rotatable bonds is 6. The van der Waals surface area contributed by atoms with Crippen molar-refractivity contribution in [2.24, 2.45) is 0 Å². The molecule has 1 heterocycles. The molecule has 0 bridgehead atoms. The third-order valence-electron chi connectivity index (χ3n) is 4.60. The van der Waals surface area contributed by atoms with E-state index in [9.17, 15) is 4.39 Å². The molecule has 1 aliphatic heterocycles. The lowest BCUT2D eigenvalue weighted by molar-refractivity contribution is 0.234. The lowest BCUT2D eigenvalue weighted by atomic mass is 9.97. The van der Waals surface area contributed by atoms with Gasteiger partial charge in [-0.15, -0.1) is 0 Å². The molecule has 3 nitrogen and oxygen atoms in total. The van der Waals surface area contributed by atoms with Crippen molar-refractivity contribution in [3.63, 3.8) is 0 Å². The topological polar surface area (TPSA) is 24.5 Å². The number of benzene rings is 2. The van der Waals surface area contributed by atoms with E-state index >= 15 is 0 Å². The van der Waals surface area contributed by atoms with Crippen LogP contribution in [-0.4, -0.2) is 37.6 Å². The van der Waals surface area contributed by atoms with Crippen molar-refractivity contribution >= 4 is 0 Å². The first-order chi connectivity index (χ1) is 11.7. The number of piperazine rings is 1. The fraction of sp³-hybridized carbons (Fsp3) is 0.400. The summed E-state index contributed by atoms with van der Waals surface area (Å²) in [5, 5.41) is 3.38. The van der Waals surface area contributed by atoms with Gasteiger partial charge in [0.2, 0.25) is 0 Å². The van der Waals surface area contributed by atoms with Gasteiger partial charge >= 0.3 is 0 Å². The molecule has 0 saturated carbocycles. The summed E-state index contributed by atoms with van der Waals surface area (Å²) in [6.45, 7) is 7.86. The second-order valence-corrected chi connectivity index (χ2v) is 6.38. The minimum atomic E-state index is -0.342. The van der Waals surface area contributed by atoms with Crippen LogP contribution in [0.2, 0.25) is 0 Å². The Balaban J connectivity index is 1.54. The maximum absolute atomic E-state index is 13.6. The van der Waals surface area contributed by atoms with Gasteiger partial charge < -0.3 is 15.0 Å². The molecule has 1 fully saturated rings. The maximum Gasteiger partial charge on any atom is 0.165 e. The number of para-hydroxylation sites is 1. The summed E-state index contributed by atoms with van der Waals surface area (Å²) in [5.74, 6) is 1.09. The number of nitrogens with zero attached hydrogens (tertiary/aromatic N) is 1. The van der Waals surface area contributed by atoms with Gasteiger partial charge in [-0.1, -0.05) is 31.2 Å². The SMILES string of the molecule is CC(CCN1CCNCC1)c1ccc(Oc2ccccc2F)cc1. The van der Waals surface area contributed by atoms with Gasteiger partial charge in [-0.05, 0) is 48.7 Å². The number of hydrogen-bond donors (Lipinski definition) is 1. The molecule has 1 unspecified atom stereocenters. The Morgan fingerprint density at radius 1 is 1.08 bits per heavy atom. The molecule has 3 rings (SSSR count). The summed E-state index contributed by atoms with van der Waals surface area (Å²) in [6.07, 6.45) is 1.15. The van der Waals surface area contributed by atoms with Crippen molar-refractivity contribution in [3.05, 3.63) is 59.9 Å². The lowest BCUT2D eigenvalue weighted by Crippen LogP contribution is -2.43. The molecule has 2 aromatic rings. The van der Waals surface area contributed by atoms with Crippen molar-refractivity contribution in [3.8, 4) is 11.5 Å². The van der Waals surface area contributed by atoms with Crippen molar-refractivity contribution < 1.29 is 9.13 Å². The number of halogens is 1. The molecule has 0 spiro atoms. The molecule has 0 aromatic heterocycles. The van der Waals surface area contributed by atoms with Gasteiger partial charge in [-0.25, -0.2) is 4.39 Å². The molecule has 0 aliphatic carbocycles. The van der Waals surface area contributed by atoms with Crippen LogP contribution < -0.4 is 10.1 Å². The largest absolute Gasteiger partial charge is 0.454 e. The summed E-state index contributed by atoms with van der Waals surface area (Å²) in [6, 6.07) is 14.5.